The number of esters is 1. The smallest absolute Gasteiger partial charge is 0.310 e. The molecule has 2 saturated heterocycles. The Bertz CT molecular complexity index is 354. The number of hydrogen-bond donors (Lipinski definition) is 1. The number of carbonyl (C=O) groups excluding carboxylic acids is 2. The highest BCUT2D eigenvalue weighted by molar-refractivity contribution is 5.80. The molecule has 6 nitrogen and oxygen atoms in total. The van der Waals surface area contributed by atoms with Gasteiger partial charge in [0.05, 0.1) is 19.1 Å². The molecule has 0 radical (unpaired) electrons. The van der Waals surface area contributed by atoms with Crippen LogP contribution in [0.1, 0.15) is 26.2 Å². The quantitative estimate of drug-likeness (QED) is 0.745. The Morgan fingerprint density at radius 3 is 2.86 bits per heavy atom. The van der Waals surface area contributed by atoms with Crippen molar-refractivity contribution in [2.24, 2.45) is 5.92 Å². The van der Waals surface area contributed by atoms with E-state index in [9.17, 15) is 9.59 Å². The Labute approximate surface area is 126 Å². The van der Waals surface area contributed by atoms with Crippen LogP contribution in [0.15, 0.2) is 0 Å². The van der Waals surface area contributed by atoms with Crippen LogP contribution < -0.4 is 5.32 Å². The van der Waals surface area contributed by atoms with Gasteiger partial charge >= 0.3 is 5.97 Å². The lowest BCUT2D eigenvalue weighted by Gasteiger charge is -2.33. The highest BCUT2D eigenvalue weighted by Crippen LogP contribution is 2.18. The Kier molecular flexibility index (Phi) is 6.45. The van der Waals surface area contributed by atoms with Gasteiger partial charge in [-0.2, -0.15) is 0 Å². The first-order valence-corrected chi connectivity index (χ1v) is 8.08. The zero-order valence-corrected chi connectivity index (χ0v) is 13.0. The minimum absolute atomic E-state index is 0.144. The summed E-state index contributed by atoms with van der Waals surface area (Å²) in [5, 5.41) is 3.34. The van der Waals surface area contributed by atoms with E-state index in [0.29, 0.717) is 19.7 Å². The maximum Gasteiger partial charge on any atom is 0.310 e. The van der Waals surface area contributed by atoms with Crippen LogP contribution >= 0.6 is 0 Å². The van der Waals surface area contributed by atoms with Gasteiger partial charge in [-0.25, -0.2) is 0 Å². The summed E-state index contributed by atoms with van der Waals surface area (Å²) in [6, 6.07) is 0. The van der Waals surface area contributed by atoms with Crippen LogP contribution in [0, 0.1) is 5.92 Å². The molecule has 2 heterocycles. The summed E-state index contributed by atoms with van der Waals surface area (Å²) in [5.74, 6) is -0.159. The van der Waals surface area contributed by atoms with Crippen LogP contribution in [0.5, 0.6) is 0 Å². The largest absolute Gasteiger partial charge is 0.466 e. The lowest BCUT2D eigenvalue weighted by Crippen LogP contribution is -2.47. The van der Waals surface area contributed by atoms with Gasteiger partial charge in [-0.1, -0.05) is 0 Å². The molecule has 0 saturated carbocycles. The number of piperidine rings is 1. The molecule has 1 amide bonds. The predicted octanol–water partition coefficient (Wildman–Crippen LogP) is 0.0834. The van der Waals surface area contributed by atoms with Crippen molar-refractivity contribution in [3.05, 3.63) is 0 Å². The van der Waals surface area contributed by atoms with E-state index in [1.807, 2.05) is 11.8 Å². The molecule has 2 aliphatic heterocycles. The highest BCUT2D eigenvalue weighted by Gasteiger charge is 2.29. The van der Waals surface area contributed by atoms with Crippen LogP contribution in [-0.4, -0.2) is 74.1 Å². The maximum absolute atomic E-state index is 12.4. The number of hydrogen-bond acceptors (Lipinski definition) is 5. The Balaban J connectivity index is 1.82. The third-order valence-electron chi connectivity index (χ3n) is 4.19. The molecule has 1 atom stereocenters. The van der Waals surface area contributed by atoms with Gasteiger partial charge in [-0.3, -0.25) is 14.5 Å². The lowest BCUT2D eigenvalue weighted by atomic mass is 9.98. The highest BCUT2D eigenvalue weighted by atomic mass is 16.5. The number of nitrogens with zero attached hydrogens (tertiary/aromatic N) is 2. The Morgan fingerprint density at radius 2 is 2.05 bits per heavy atom. The zero-order chi connectivity index (χ0) is 15.1. The standard InChI is InChI=1S/C15H27N3O3/c1-2-21-15(20)13-5-3-9-18(11-13)14(19)12-17-8-4-6-16-7-10-17/h13,16H,2-12H2,1H3. The second-order valence-corrected chi connectivity index (χ2v) is 5.81. The predicted molar refractivity (Wildman–Crippen MR) is 79.9 cm³/mol. The van der Waals surface area contributed by atoms with Gasteiger partial charge in [0.2, 0.25) is 5.91 Å². The van der Waals surface area contributed by atoms with Crippen LogP contribution in [0.2, 0.25) is 0 Å². The zero-order valence-electron chi connectivity index (χ0n) is 13.0. The van der Waals surface area contributed by atoms with E-state index in [-0.39, 0.29) is 17.8 Å². The van der Waals surface area contributed by atoms with Crippen LogP contribution in [0.25, 0.3) is 0 Å². The maximum atomic E-state index is 12.4. The average molecular weight is 297 g/mol. The first-order chi connectivity index (χ1) is 10.2. The first kappa shape index (κ1) is 16.2. The SMILES string of the molecule is CCOC(=O)C1CCCN(C(=O)CN2CCCNCC2)C1. The fourth-order valence-corrected chi connectivity index (χ4v) is 3.01. The molecule has 0 aromatic carbocycles. The van der Waals surface area contributed by atoms with Crippen molar-refractivity contribution in [3.8, 4) is 0 Å². The molecule has 2 aliphatic rings. The van der Waals surface area contributed by atoms with Crippen molar-refractivity contribution >= 4 is 11.9 Å². The van der Waals surface area contributed by atoms with Crippen molar-refractivity contribution < 1.29 is 14.3 Å². The molecule has 120 valence electrons. The van der Waals surface area contributed by atoms with Crippen molar-refractivity contribution in [1.29, 1.82) is 0 Å². The molecule has 21 heavy (non-hydrogen) atoms. The molecule has 0 spiro atoms. The molecule has 0 aromatic rings. The minimum Gasteiger partial charge on any atom is -0.466 e. The molecule has 2 rings (SSSR count). The van der Waals surface area contributed by atoms with Gasteiger partial charge in [0.1, 0.15) is 0 Å². The van der Waals surface area contributed by atoms with Crippen LogP contribution in [0.3, 0.4) is 0 Å². The molecule has 1 unspecified atom stereocenters. The number of carbonyl (C=O) groups is 2. The van der Waals surface area contributed by atoms with E-state index in [1.165, 1.54) is 0 Å². The van der Waals surface area contributed by atoms with Crippen molar-refractivity contribution in [3.63, 3.8) is 0 Å². The molecule has 2 fully saturated rings. The van der Waals surface area contributed by atoms with Crippen molar-refractivity contribution in [2.45, 2.75) is 26.2 Å². The number of ether oxygens (including phenoxy) is 1. The van der Waals surface area contributed by atoms with E-state index in [0.717, 1.165) is 52.0 Å². The Hall–Kier alpha value is -1.14. The molecular formula is C15H27N3O3. The third-order valence-corrected chi connectivity index (χ3v) is 4.19. The van der Waals surface area contributed by atoms with E-state index < -0.39 is 0 Å². The second-order valence-electron chi connectivity index (χ2n) is 5.81. The van der Waals surface area contributed by atoms with Gasteiger partial charge in [-0.15, -0.1) is 0 Å². The average Bonchev–Trinajstić information content (AvgIpc) is 2.76. The summed E-state index contributed by atoms with van der Waals surface area (Å²) in [4.78, 5) is 28.3. The topological polar surface area (TPSA) is 61.9 Å². The van der Waals surface area contributed by atoms with Gasteiger partial charge in [0.15, 0.2) is 0 Å². The summed E-state index contributed by atoms with van der Waals surface area (Å²) in [6.07, 6.45) is 2.80. The second kappa shape index (κ2) is 8.34. The normalized spacial score (nSPS) is 24.4. The third kappa shape index (κ3) is 4.97. The Morgan fingerprint density at radius 1 is 1.19 bits per heavy atom. The summed E-state index contributed by atoms with van der Waals surface area (Å²) < 4.78 is 5.08. The van der Waals surface area contributed by atoms with E-state index in [2.05, 4.69) is 10.2 Å². The van der Waals surface area contributed by atoms with Crippen LogP contribution in [0.4, 0.5) is 0 Å². The van der Waals surface area contributed by atoms with Gasteiger partial charge in [-0.05, 0) is 39.3 Å². The number of likely N-dealkylation sites (tertiary alicyclic amines) is 1. The fourth-order valence-electron chi connectivity index (χ4n) is 3.01. The molecule has 0 aliphatic carbocycles. The fraction of sp³-hybridized carbons (Fsp3) is 0.867. The van der Waals surface area contributed by atoms with Crippen molar-refractivity contribution in [2.75, 3.05) is 52.4 Å². The summed E-state index contributed by atoms with van der Waals surface area (Å²) >= 11 is 0. The first-order valence-electron chi connectivity index (χ1n) is 8.08. The monoisotopic (exact) mass is 297 g/mol. The molecule has 1 N–H and O–H groups in total. The van der Waals surface area contributed by atoms with E-state index in [4.69, 9.17) is 4.74 Å². The number of amides is 1. The minimum atomic E-state index is -0.158. The summed E-state index contributed by atoms with van der Waals surface area (Å²) in [5.41, 5.74) is 0. The lowest BCUT2D eigenvalue weighted by molar-refractivity contribution is -0.151. The van der Waals surface area contributed by atoms with Crippen LogP contribution in [-0.2, 0) is 14.3 Å². The van der Waals surface area contributed by atoms with Gasteiger partial charge in [0.25, 0.3) is 0 Å². The van der Waals surface area contributed by atoms with Gasteiger partial charge < -0.3 is 15.0 Å². The molecule has 0 aromatic heterocycles. The number of rotatable bonds is 4. The summed E-state index contributed by atoms with van der Waals surface area (Å²) in [7, 11) is 0. The molecule has 0 bridgehead atoms. The van der Waals surface area contributed by atoms with Gasteiger partial charge in [0, 0.05) is 26.2 Å². The molecular weight excluding hydrogens is 270 g/mol. The van der Waals surface area contributed by atoms with E-state index in [1.54, 1.807) is 0 Å². The van der Waals surface area contributed by atoms with E-state index >= 15 is 0 Å². The summed E-state index contributed by atoms with van der Waals surface area (Å²) in [6.45, 7) is 7.83. The van der Waals surface area contributed by atoms with Crippen molar-refractivity contribution in [1.82, 2.24) is 15.1 Å². The number of nitrogens with one attached hydrogen (secondary N) is 1. The molecule has 6 heteroatoms.